The average molecular weight is 816 g/mol. The molecule has 11 heteroatoms. The molecular formula is C32H33O10U-. The molecule has 43 heavy (non-hydrogen) atoms. The van der Waals surface area contributed by atoms with Crippen LogP contribution >= 0.6 is 0 Å². The van der Waals surface area contributed by atoms with Crippen molar-refractivity contribution in [1.29, 1.82) is 0 Å². The minimum absolute atomic E-state index is 0. The van der Waals surface area contributed by atoms with Crippen molar-refractivity contribution in [3.63, 3.8) is 0 Å². The summed E-state index contributed by atoms with van der Waals surface area (Å²) >= 11 is 0. The SMILES string of the molecule is COc1ccc(C(OC2C(OC(C)=O)[CH-]OC2COC(=O)CCC(=O)O)(c2ccccc2)c2ccc(OC)cc2)cc1.[U]. The van der Waals surface area contributed by atoms with Crippen molar-refractivity contribution in [1.82, 2.24) is 0 Å². The van der Waals surface area contributed by atoms with Gasteiger partial charge in [-0.25, -0.2) is 0 Å². The molecule has 3 atom stereocenters. The molecule has 3 unspecified atom stereocenters. The summed E-state index contributed by atoms with van der Waals surface area (Å²) in [7, 11) is 3.16. The molecule has 0 bridgehead atoms. The van der Waals surface area contributed by atoms with E-state index in [-0.39, 0.29) is 50.6 Å². The number of rotatable bonds is 13. The van der Waals surface area contributed by atoms with Crippen LogP contribution in [-0.4, -0.2) is 62.2 Å². The van der Waals surface area contributed by atoms with E-state index in [1.807, 2.05) is 78.9 Å². The smallest absolute Gasteiger partial charge is 0.306 e. The van der Waals surface area contributed by atoms with Crippen molar-refractivity contribution < 1.29 is 79.0 Å². The Morgan fingerprint density at radius 2 is 1.37 bits per heavy atom. The second kappa shape index (κ2) is 15.9. The molecule has 1 aliphatic heterocycles. The monoisotopic (exact) mass is 815 g/mol. The minimum atomic E-state index is -1.27. The summed E-state index contributed by atoms with van der Waals surface area (Å²) in [6, 6.07) is 24.4. The van der Waals surface area contributed by atoms with E-state index >= 15 is 0 Å². The number of benzene rings is 3. The standard InChI is InChI=1S/C32H33O10.U/c1-21(33)41-28-20-39-27(19-40-30(36)18-17-29(34)35)31(28)42-32(22-7-5-4-6-8-22,23-9-13-25(37-2)14-10-23)24-11-15-26(38-3)16-12-24;/h4-16,20,27-28,31H,17-19H2,1-3H3,(H,34,35);/q-1;. The minimum Gasteiger partial charge on any atom is -0.542 e. The van der Waals surface area contributed by atoms with Crippen LogP contribution in [0.2, 0.25) is 0 Å². The molecule has 0 radical (unpaired) electrons. The predicted octanol–water partition coefficient (Wildman–Crippen LogP) is 4.28. The zero-order chi connectivity index (χ0) is 30.1. The van der Waals surface area contributed by atoms with Gasteiger partial charge in [0, 0.05) is 44.1 Å². The summed E-state index contributed by atoms with van der Waals surface area (Å²) in [5.41, 5.74) is 0.984. The average Bonchev–Trinajstić information content (AvgIpc) is 3.37. The zero-order valence-corrected chi connectivity index (χ0v) is 28.2. The Hall–Kier alpha value is -3.36. The van der Waals surface area contributed by atoms with Crippen LogP contribution in [0, 0.1) is 37.7 Å². The number of hydrogen-bond acceptors (Lipinski definition) is 9. The van der Waals surface area contributed by atoms with Gasteiger partial charge < -0.3 is 33.5 Å². The van der Waals surface area contributed by atoms with Gasteiger partial charge in [0.15, 0.2) is 0 Å². The number of carbonyl (C=O) groups is 3. The largest absolute Gasteiger partial charge is 0.542 e. The van der Waals surface area contributed by atoms with Crippen molar-refractivity contribution in [2.24, 2.45) is 0 Å². The molecule has 0 spiro atoms. The maximum atomic E-state index is 12.2. The third-order valence-electron chi connectivity index (χ3n) is 6.82. The third kappa shape index (κ3) is 8.39. The predicted molar refractivity (Wildman–Crippen MR) is 150 cm³/mol. The fourth-order valence-electron chi connectivity index (χ4n) is 4.80. The first-order chi connectivity index (χ1) is 20.3. The summed E-state index contributed by atoms with van der Waals surface area (Å²) < 4.78 is 34.6. The van der Waals surface area contributed by atoms with Crippen LogP contribution in [0.1, 0.15) is 36.5 Å². The van der Waals surface area contributed by atoms with E-state index < -0.39 is 41.8 Å². The van der Waals surface area contributed by atoms with E-state index in [9.17, 15) is 14.4 Å². The van der Waals surface area contributed by atoms with Gasteiger partial charge in [-0.2, -0.15) is 6.61 Å². The summed E-state index contributed by atoms with van der Waals surface area (Å²) in [5.74, 6) is -1.06. The van der Waals surface area contributed by atoms with Crippen LogP contribution in [-0.2, 0) is 38.9 Å². The van der Waals surface area contributed by atoms with Crippen LogP contribution < -0.4 is 9.47 Å². The maximum absolute atomic E-state index is 12.2. The van der Waals surface area contributed by atoms with Gasteiger partial charge in [-0.3, -0.25) is 14.4 Å². The second-order valence-corrected chi connectivity index (χ2v) is 9.55. The second-order valence-electron chi connectivity index (χ2n) is 9.55. The van der Waals surface area contributed by atoms with E-state index in [4.69, 9.17) is 33.5 Å². The molecule has 4 rings (SSSR count). The topological polar surface area (TPSA) is 127 Å². The van der Waals surface area contributed by atoms with Crippen molar-refractivity contribution in [2.75, 3.05) is 20.8 Å². The van der Waals surface area contributed by atoms with Gasteiger partial charge in [0.2, 0.25) is 0 Å². The summed E-state index contributed by atoms with van der Waals surface area (Å²) in [6.45, 7) is 2.37. The molecule has 1 N–H and O–H groups in total. The zero-order valence-electron chi connectivity index (χ0n) is 24.1. The molecule has 0 aliphatic carbocycles. The van der Waals surface area contributed by atoms with E-state index in [1.165, 1.54) is 13.5 Å². The van der Waals surface area contributed by atoms with Crippen LogP contribution in [0.15, 0.2) is 78.9 Å². The quantitative estimate of drug-likeness (QED) is 0.152. The number of carboxylic acids is 1. The molecule has 3 aromatic rings. The van der Waals surface area contributed by atoms with Crippen molar-refractivity contribution >= 4 is 17.9 Å². The van der Waals surface area contributed by atoms with Gasteiger partial charge in [0.1, 0.15) is 23.7 Å². The molecule has 1 aliphatic rings. The van der Waals surface area contributed by atoms with Crippen LogP contribution in [0.5, 0.6) is 11.5 Å². The van der Waals surface area contributed by atoms with E-state index in [1.54, 1.807) is 14.2 Å². The van der Waals surface area contributed by atoms with Gasteiger partial charge in [0.25, 0.3) is 5.97 Å². The molecule has 1 saturated heterocycles. The molecule has 226 valence electrons. The van der Waals surface area contributed by atoms with Gasteiger partial charge in [-0.05, 0) is 41.0 Å². The summed E-state index contributed by atoms with van der Waals surface area (Å²) in [5, 5.41) is 8.90. The fourth-order valence-corrected chi connectivity index (χ4v) is 4.80. The number of hydrogen-bond donors (Lipinski definition) is 1. The first-order valence-electron chi connectivity index (χ1n) is 13.3. The number of esters is 2. The Morgan fingerprint density at radius 3 is 1.86 bits per heavy atom. The Labute approximate surface area is 273 Å². The Morgan fingerprint density at radius 1 is 0.837 bits per heavy atom. The van der Waals surface area contributed by atoms with Gasteiger partial charge in [-0.15, -0.1) is 0 Å². The number of ether oxygens (including phenoxy) is 6. The fraction of sp³-hybridized carbons (Fsp3) is 0.312. The number of aliphatic carboxylic acids is 1. The number of carbonyl (C=O) groups excluding carboxylic acids is 2. The Balaban J connectivity index is 0.00000506. The van der Waals surface area contributed by atoms with E-state index in [0.717, 1.165) is 16.7 Å². The summed E-state index contributed by atoms with van der Waals surface area (Å²) in [6.07, 6.45) is -3.41. The molecule has 0 saturated carbocycles. The molecule has 0 amide bonds. The molecule has 10 nitrogen and oxygen atoms in total. The third-order valence-corrected chi connectivity index (χ3v) is 6.82. The number of carboxylic acid groups (broad SMARTS) is 1. The van der Waals surface area contributed by atoms with Crippen LogP contribution in [0.3, 0.4) is 0 Å². The normalized spacial score (nSPS) is 17.8. The van der Waals surface area contributed by atoms with E-state index in [2.05, 4.69) is 0 Å². The summed E-state index contributed by atoms with van der Waals surface area (Å²) in [4.78, 5) is 35.2. The number of methoxy groups -OCH3 is 2. The molecule has 0 aromatic heterocycles. The molecule has 1 heterocycles. The first-order valence-corrected chi connectivity index (χ1v) is 13.3. The van der Waals surface area contributed by atoms with Gasteiger partial charge in [-0.1, -0.05) is 54.6 Å². The van der Waals surface area contributed by atoms with Crippen LogP contribution in [0.4, 0.5) is 0 Å². The van der Waals surface area contributed by atoms with Crippen LogP contribution in [0.25, 0.3) is 0 Å². The van der Waals surface area contributed by atoms with E-state index in [0.29, 0.717) is 11.5 Å². The maximum Gasteiger partial charge on any atom is 0.306 e. The molecular weight excluding hydrogens is 782 g/mol. The molecule has 3 aromatic carbocycles. The van der Waals surface area contributed by atoms with Crippen molar-refractivity contribution in [2.45, 2.75) is 43.7 Å². The first kappa shape index (κ1) is 34.1. The molecule has 1 fully saturated rings. The van der Waals surface area contributed by atoms with Gasteiger partial charge >= 0.3 is 11.9 Å². The van der Waals surface area contributed by atoms with Gasteiger partial charge in [0.05, 0.1) is 39.3 Å². The van der Waals surface area contributed by atoms with Crippen molar-refractivity contribution in [3.8, 4) is 11.5 Å². The Kier molecular flexibility index (Phi) is 12.6. The Bertz CT molecular complexity index is 1300. The van der Waals surface area contributed by atoms with Crippen molar-refractivity contribution in [3.05, 3.63) is 102 Å².